The van der Waals surface area contributed by atoms with Gasteiger partial charge in [-0.25, -0.2) is 0 Å². The Hall–Kier alpha value is -2.86. The molecule has 2 heterocycles. The van der Waals surface area contributed by atoms with Crippen LogP contribution in [0.5, 0.6) is 5.75 Å². The van der Waals surface area contributed by atoms with Crippen molar-refractivity contribution < 1.29 is 14.3 Å². The van der Waals surface area contributed by atoms with Crippen molar-refractivity contribution in [3.63, 3.8) is 0 Å². The second kappa shape index (κ2) is 9.09. The maximum Gasteiger partial charge on any atom is 0.253 e. The molecule has 0 radical (unpaired) electrons. The number of hydrogen-bond donors (Lipinski definition) is 1. The lowest BCUT2D eigenvalue weighted by atomic mass is 10.0. The lowest BCUT2D eigenvalue weighted by Crippen LogP contribution is -2.57. The topological polar surface area (TPSA) is 61.9 Å². The second-order valence-electron chi connectivity index (χ2n) is 7.61. The highest BCUT2D eigenvalue weighted by atomic mass is 16.5. The lowest BCUT2D eigenvalue weighted by Gasteiger charge is -2.41. The minimum absolute atomic E-state index is 0.0350. The Balaban J connectivity index is 1.35. The normalized spacial score (nSPS) is 19.9. The van der Waals surface area contributed by atoms with Crippen molar-refractivity contribution in [2.45, 2.75) is 25.5 Å². The minimum atomic E-state index is 0.0350. The summed E-state index contributed by atoms with van der Waals surface area (Å²) in [7, 11) is 0. The van der Waals surface area contributed by atoms with E-state index in [2.05, 4.69) is 5.32 Å². The summed E-state index contributed by atoms with van der Waals surface area (Å²) >= 11 is 0. The van der Waals surface area contributed by atoms with E-state index in [9.17, 15) is 9.59 Å². The van der Waals surface area contributed by atoms with Gasteiger partial charge < -0.3 is 19.9 Å². The number of nitrogens with one attached hydrogen (secondary N) is 1. The average molecular weight is 393 g/mol. The first-order valence-electron chi connectivity index (χ1n) is 10.3. The Kier molecular flexibility index (Phi) is 6.10. The summed E-state index contributed by atoms with van der Waals surface area (Å²) in [5.41, 5.74) is 1.70. The molecule has 2 aliphatic rings. The van der Waals surface area contributed by atoms with Crippen molar-refractivity contribution in [3.05, 3.63) is 65.7 Å². The number of ether oxygens (including phenoxy) is 1. The van der Waals surface area contributed by atoms with Crippen LogP contribution in [0.1, 0.15) is 28.8 Å². The maximum atomic E-state index is 13.0. The molecular weight excluding hydrogens is 366 g/mol. The number of rotatable bonds is 5. The number of piperazine rings is 1. The first-order chi connectivity index (χ1) is 14.2. The number of benzene rings is 2. The maximum absolute atomic E-state index is 13.0. The van der Waals surface area contributed by atoms with Crippen LogP contribution in [0.4, 0.5) is 0 Å². The van der Waals surface area contributed by atoms with Crippen LogP contribution in [0.3, 0.4) is 0 Å². The predicted molar refractivity (Wildman–Crippen MR) is 111 cm³/mol. The lowest BCUT2D eigenvalue weighted by molar-refractivity contribution is -0.135. The molecule has 152 valence electrons. The SMILES string of the molecule is O=C(c1ccc(COc2ccccc2)cc1)N1CCCC(N2CCNCC2=O)C1. The third-order valence-corrected chi connectivity index (χ3v) is 5.60. The first kappa shape index (κ1) is 19.5. The van der Waals surface area contributed by atoms with Crippen molar-refractivity contribution in [2.24, 2.45) is 0 Å². The van der Waals surface area contributed by atoms with Crippen molar-refractivity contribution in [3.8, 4) is 5.75 Å². The molecule has 4 rings (SSSR count). The Labute approximate surface area is 171 Å². The number of likely N-dealkylation sites (tertiary alicyclic amines) is 1. The van der Waals surface area contributed by atoms with Gasteiger partial charge in [0.2, 0.25) is 5.91 Å². The molecule has 2 aromatic rings. The minimum Gasteiger partial charge on any atom is -0.489 e. The van der Waals surface area contributed by atoms with Crippen molar-refractivity contribution in [1.29, 1.82) is 0 Å². The van der Waals surface area contributed by atoms with E-state index >= 15 is 0 Å². The molecule has 0 saturated carbocycles. The smallest absolute Gasteiger partial charge is 0.253 e. The van der Waals surface area contributed by atoms with Crippen LogP contribution in [-0.4, -0.2) is 60.4 Å². The Bertz CT molecular complexity index is 838. The summed E-state index contributed by atoms with van der Waals surface area (Å²) in [5, 5.41) is 3.11. The van der Waals surface area contributed by atoms with Crippen LogP contribution in [0.25, 0.3) is 0 Å². The van der Waals surface area contributed by atoms with E-state index in [1.807, 2.05) is 64.4 Å². The summed E-state index contributed by atoms with van der Waals surface area (Å²) in [6.45, 7) is 3.77. The molecule has 2 aromatic carbocycles. The van der Waals surface area contributed by atoms with Gasteiger partial charge in [0.25, 0.3) is 5.91 Å². The van der Waals surface area contributed by atoms with Gasteiger partial charge in [-0.2, -0.15) is 0 Å². The number of hydrogen-bond acceptors (Lipinski definition) is 4. The summed E-state index contributed by atoms with van der Waals surface area (Å²) in [6, 6.07) is 17.4. The number of piperidine rings is 1. The number of carbonyl (C=O) groups excluding carboxylic acids is 2. The summed E-state index contributed by atoms with van der Waals surface area (Å²) in [6.07, 6.45) is 1.89. The third-order valence-electron chi connectivity index (χ3n) is 5.60. The summed E-state index contributed by atoms with van der Waals surface area (Å²) in [4.78, 5) is 29.0. The molecule has 1 N–H and O–H groups in total. The standard InChI is InChI=1S/C23H27N3O3/c27-22-15-24-12-14-26(22)20-5-4-13-25(16-20)23(28)19-10-8-18(9-11-19)17-29-21-6-2-1-3-7-21/h1-3,6-11,20,24H,4-5,12-17H2. The fourth-order valence-corrected chi connectivity index (χ4v) is 4.01. The first-order valence-corrected chi connectivity index (χ1v) is 10.3. The highest BCUT2D eigenvalue weighted by molar-refractivity contribution is 5.94. The molecule has 2 aliphatic heterocycles. The van der Waals surface area contributed by atoms with Crippen LogP contribution in [0.15, 0.2) is 54.6 Å². The zero-order valence-electron chi connectivity index (χ0n) is 16.5. The Morgan fingerprint density at radius 3 is 2.62 bits per heavy atom. The number of amides is 2. The van der Waals surface area contributed by atoms with Gasteiger partial charge in [-0.05, 0) is 42.7 Å². The molecule has 2 amide bonds. The van der Waals surface area contributed by atoms with E-state index in [0.717, 1.165) is 43.8 Å². The average Bonchev–Trinajstić information content (AvgIpc) is 2.79. The predicted octanol–water partition coefficient (Wildman–Crippen LogP) is 2.30. The van der Waals surface area contributed by atoms with Crippen molar-refractivity contribution >= 4 is 11.8 Å². The van der Waals surface area contributed by atoms with Gasteiger partial charge in [-0.1, -0.05) is 30.3 Å². The van der Waals surface area contributed by atoms with Gasteiger partial charge in [0.1, 0.15) is 12.4 Å². The van der Waals surface area contributed by atoms with Gasteiger partial charge in [0, 0.05) is 37.8 Å². The molecule has 2 fully saturated rings. The molecule has 0 spiro atoms. The van der Waals surface area contributed by atoms with Crippen LogP contribution in [0.2, 0.25) is 0 Å². The van der Waals surface area contributed by atoms with Gasteiger partial charge in [0.05, 0.1) is 6.54 Å². The van der Waals surface area contributed by atoms with E-state index in [1.165, 1.54) is 0 Å². The molecule has 0 bridgehead atoms. The Morgan fingerprint density at radius 1 is 1.07 bits per heavy atom. The van der Waals surface area contributed by atoms with E-state index in [0.29, 0.717) is 25.3 Å². The van der Waals surface area contributed by atoms with E-state index in [1.54, 1.807) is 0 Å². The molecule has 1 unspecified atom stereocenters. The largest absolute Gasteiger partial charge is 0.489 e. The van der Waals surface area contributed by atoms with Crippen molar-refractivity contribution in [1.82, 2.24) is 15.1 Å². The zero-order chi connectivity index (χ0) is 20.1. The molecule has 6 nitrogen and oxygen atoms in total. The molecular formula is C23H27N3O3. The van der Waals surface area contributed by atoms with E-state index in [-0.39, 0.29) is 17.9 Å². The highest BCUT2D eigenvalue weighted by Crippen LogP contribution is 2.20. The van der Waals surface area contributed by atoms with Gasteiger partial charge >= 0.3 is 0 Å². The van der Waals surface area contributed by atoms with Gasteiger partial charge in [0.15, 0.2) is 0 Å². The number of carbonyl (C=O) groups is 2. The molecule has 6 heteroatoms. The Morgan fingerprint density at radius 2 is 1.86 bits per heavy atom. The van der Waals surface area contributed by atoms with Crippen LogP contribution in [-0.2, 0) is 11.4 Å². The fourth-order valence-electron chi connectivity index (χ4n) is 4.01. The second-order valence-corrected chi connectivity index (χ2v) is 7.61. The highest BCUT2D eigenvalue weighted by Gasteiger charge is 2.31. The molecule has 29 heavy (non-hydrogen) atoms. The zero-order valence-corrected chi connectivity index (χ0v) is 16.5. The van der Waals surface area contributed by atoms with Crippen LogP contribution >= 0.6 is 0 Å². The monoisotopic (exact) mass is 393 g/mol. The fraction of sp³-hybridized carbons (Fsp3) is 0.391. The molecule has 2 saturated heterocycles. The van der Waals surface area contributed by atoms with Crippen LogP contribution in [0, 0.1) is 0 Å². The quantitative estimate of drug-likeness (QED) is 0.847. The van der Waals surface area contributed by atoms with Crippen LogP contribution < -0.4 is 10.1 Å². The van der Waals surface area contributed by atoms with E-state index < -0.39 is 0 Å². The molecule has 0 aromatic heterocycles. The van der Waals surface area contributed by atoms with E-state index in [4.69, 9.17) is 4.74 Å². The summed E-state index contributed by atoms with van der Waals surface area (Å²) < 4.78 is 5.76. The number of nitrogens with zero attached hydrogens (tertiary/aromatic N) is 2. The van der Waals surface area contributed by atoms with Crippen molar-refractivity contribution in [2.75, 3.05) is 32.7 Å². The summed E-state index contributed by atoms with van der Waals surface area (Å²) in [5.74, 6) is 1.00. The molecule has 1 atom stereocenters. The van der Waals surface area contributed by atoms with Gasteiger partial charge in [-0.3, -0.25) is 9.59 Å². The molecule has 0 aliphatic carbocycles. The number of para-hydroxylation sites is 1. The van der Waals surface area contributed by atoms with Gasteiger partial charge in [-0.15, -0.1) is 0 Å². The third kappa shape index (κ3) is 4.77.